The highest BCUT2D eigenvalue weighted by atomic mass is 15.1. The summed E-state index contributed by atoms with van der Waals surface area (Å²) in [7, 11) is 0. The maximum atomic E-state index is 5.73. The summed E-state index contributed by atoms with van der Waals surface area (Å²) in [5.74, 6) is 3.07. The van der Waals surface area contributed by atoms with Gasteiger partial charge in [0, 0.05) is 5.54 Å². The Kier molecular flexibility index (Phi) is 0.118. The van der Waals surface area contributed by atoms with Gasteiger partial charge in [-0.25, -0.2) is 0 Å². The first kappa shape index (κ1) is 2.31. The molecular formula is C5H7N. The van der Waals surface area contributed by atoms with Gasteiger partial charge in [-0.3, -0.25) is 0 Å². The molecule has 0 amide bonds. The minimum atomic E-state index is 0.472. The largest absolute Gasteiger partial charge is 0.324 e. The lowest BCUT2D eigenvalue weighted by Gasteiger charge is -2.27. The minimum absolute atomic E-state index is 0.472. The van der Waals surface area contributed by atoms with Gasteiger partial charge in [0.15, 0.2) is 0 Å². The lowest BCUT2D eigenvalue weighted by atomic mass is 9.81. The van der Waals surface area contributed by atoms with E-state index in [-0.39, 0.29) is 0 Å². The third-order valence-corrected chi connectivity index (χ3v) is 3.02. The SMILES string of the molecule is NC12C3CC1C32. The molecule has 32 valence electrons. The van der Waals surface area contributed by atoms with Crippen LogP contribution >= 0.6 is 0 Å². The quantitative estimate of drug-likeness (QED) is 0.435. The smallest absolute Gasteiger partial charge is 0.0253 e. The number of hydrogen-bond acceptors (Lipinski definition) is 1. The van der Waals surface area contributed by atoms with E-state index in [1.807, 2.05) is 0 Å². The molecule has 0 aromatic heterocycles. The standard InChI is InChI=1S/C5H7N/c6-5-2-1-3(5)4(2)5/h2-4H,1,6H2. The Labute approximate surface area is 36.5 Å². The van der Waals surface area contributed by atoms with Crippen molar-refractivity contribution in [3.8, 4) is 0 Å². The average Bonchev–Trinajstić information content (AvgIpc) is 1.75. The van der Waals surface area contributed by atoms with E-state index in [2.05, 4.69) is 0 Å². The van der Waals surface area contributed by atoms with Crippen LogP contribution in [0.25, 0.3) is 0 Å². The molecule has 0 radical (unpaired) electrons. The molecule has 0 aliphatic heterocycles. The van der Waals surface area contributed by atoms with Crippen LogP contribution in [0.1, 0.15) is 6.42 Å². The van der Waals surface area contributed by atoms with Gasteiger partial charge in [0.05, 0.1) is 0 Å². The molecule has 0 spiro atoms. The summed E-state index contributed by atoms with van der Waals surface area (Å²) < 4.78 is 0. The summed E-state index contributed by atoms with van der Waals surface area (Å²) >= 11 is 0. The normalized spacial score (nSPS) is 90.5. The Hall–Kier alpha value is -0.0400. The van der Waals surface area contributed by atoms with Crippen molar-refractivity contribution in [2.75, 3.05) is 0 Å². The maximum Gasteiger partial charge on any atom is 0.0253 e. The molecule has 2 N–H and O–H groups in total. The van der Waals surface area contributed by atoms with Crippen molar-refractivity contribution in [2.45, 2.75) is 12.0 Å². The lowest BCUT2D eigenvalue weighted by Crippen LogP contribution is -2.34. The molecule has 0 heterocycles. The van der Waals surface area contributed by atoms with E-state index in [1.165, 1.54) is 6.42 Å². The van der Waals surface area contributed by atoms with Crippen LogP contribution in [0.2, 0.25) is 0 Å². The van der Waals surface area contributed by atoms with Gasteiger partial charge >= 0.3 is 0 Å². The van der Waals surface area contributed by atoms with Crippen LogP contribution in [-0.4, -0.2) is 5.54 Å². The summed E-state index contributed by atoms with van der Waals surface area (Å²) in [6.07, 6.45) is 1.47. The summed E-state index contributed by atoms with van der Waals surface area (Å²) in [6.45, 7) is 0. The van der Waals surface area contributed by atoms with Crippen LogP contribution in [-0.2, 0) is 0 Å². The molecule has 0 saturated heterocycles. The van der Waals surface area contributed by atoms with Crippen molar-refractivity contribution < 1.29 is 0 Å². The second kappa shape index (κ2) is 0.305. The van der Waals surface area contributed by atoms with Gasteiger partial charge in [0.25, 0.3) is 0 Å². The third-order valence-electron chi connectivity index (χ3n) is 3.02. The van der Waals surface area contributed by atoms with E-state index in [1.54, 1.807) is 0 Å². The molecular weight excluding hydrogens is 74.1 g/mol. The fourth-order valence-corrected chi connectivity index (χ4v) is 2.13. The Morgan fingerprint density at radius 1 is 1.50 bits per heavy atom. The molecule has 4 saturated carbocycles. The minimum Gasteiger partial charge on any atom is -0.324 e. The van der Waals surface area contributed by atoms with Crippen molar-refractivity contribution in [3.05, 3.63) is 0 Å². The van der Waals surface area contributed by atoms with Crippen molar-refractivity contribution in [1.29, 1.82) is 0 Å². The lowest BCUT2D eigenvalue weighted by molar-refractivity contribution is 0.248. The Bertz CT molecular complexity index is 110. The van der Waals surface area contributed by atoms with Crippen molar-refractivity contribution in [2.24, 2.45) is 23.5 Å². The highest BCUT2D eigenvalue weighted by molar-refractivity contribution is 5.46. The summed E-state index contributed by atoms with van der Waals surface area (Å²) in [5, 5.41) is 0. The van der Waals surface area contributed by atoms with Crippen molar-refractivity contribution in [3.63, 3.8) is 0 Å². The topological polar surface area (TPSA) is 26.0 Å². The molecule has 1 nitrogen and oxygen atoms in total. The monoisotopic (exact) mass is 81.1 g/mol. The molecule has 4 aliphatic rings. The third kappa shape index (κ3) is 0.0515. The predicted molar refractivity (Wildman–Crippen MR) is 22.0 cm³/mol. The molecule has 0 aromatic carbocycles. The van der Waals surface area contributed by atoms with E-state index in [4.69, 9.17) is 5.73 Å². The van der Waals surface area contributed by atoms with E-state index in [0.717, 1.165) is 17.8 Å². The highest BCUT2D eigenvalue weighted by Gasteiger charge is 2.93. The van der Waals surface area contributed by atoms with Gasteiger partial charge in [-0.2, -0.15) is 0 Å². The molecule has 4 fully saturated rings. The predicted octanol–water partition coefficient (Wildman–Crippen LogP) is -0.0366. The number of hydrogen-bond donors (Lipinski definition) is 1. The van der Waals surface area contributed by atoms with Gasteiger partial charge in [0.2, 0.25) is 0 Å². The van der Waals surface area contributed by atoms with Crippen LogP contribution in [0.15, 0.2) is 0 Å². The summed E-state index contributed by atoms with van der Waals surface area (Å²) in [5.41, 5.74) is 6.20. The zero-order valence-corrected chi connectivity index (χ0v) is 3.52. The Balaban J connectivity index is 2.26. The van der Waals surface area contributed by atoms with E-state index >= 15 is 0 Å². The molecule has 1 heteroatoms. The summed E-state index contributed by atoms with van der Waals surface area (Å²) in [4.78, 5) is 0. The van der Waals surface area contributed by atoms with Gasteiger partial charge in [-0.05, 0) is 24.2 Å². The average molecular weight is 81.1 g/mol. The van der Waals surface area contributed by atoms with Crippen molar-refractivity contribution in [1.82, 2.24) is 0 Å². The van der Waals surface area contributed by atoms with Crippen LogP contribution in [0.5, 0.6) is 0 Å². The highest BCUT2D eigenvalue weighted by Crippen LogP contribution is 2.88. The molecule has 2 unspecified atom stereocenters. The van der Waals surface area contributed by atoms with Crippen LogP contribution in [0, 0.1) is 17.8 Å². The van der Waals surface area contributed by atoms with Gasteiger partial charge in [0.1, 0.15) is 0 Å². The van der Waals surface area contributed by atoms with Crippen LogP contribution < -0.4 is 5.73 Å². The van der Waals surface area contributed by atoms with E-state index in [9.17, 15) is 0 Å². The second-order valence-electron chi connectivity index (χ2n) is 2.97. The number of nitrogens with two attached hydrogens (primary N) is 1. The first-order valence-electron chi connectivity index (χ1n) is 2.64. The zero-order valence-electron chi connectivity index (χ0n) is 3.52. The Morgan fingerprint density at radius 3 is 1.83 bits per heavy atom. The van der Waals surface area contributed by atoms with Crippen LogP contribution in [0.3, 0.4) is 0 Å². The number of rotatable bonds is 0. The molecule has 2 bridgehead atoms. The molecule has 4 aliphatic carbocycles. The fourth-order valence-electron chi connectivity index (χ4n) is 2.13. The zero-order chi connectivity index (χ0) is 3.94. The molecule has 6 heavy (non-hydrogen) atoms. The van der Waals surface area contributed by atoms with Crippen molar-refractivity contribution >= 4 is 0 Å². The molecule has 4 rings (SSSR count). The molecule has 0 aromatic rings. The summed E-state index contributed by atoms with van der Waals surface area (Å²) in [6, 6.07) is 0. The van der Waals surface area contributed by atoms with Gasteiger partial charge < -0.3 is 5.73 Å². The van der Waals surface area contributed by atoms with Crippen LogP contribution in [0.4, 0.5) is 0 Å². The first-order valence-corrected chi connectivity index (χ1v) is 2.64. The van der Waals surface area contributed by atoms with Gasteiger partial charge in [-0.1, -0.05) is 0 Å². The first-order chi connectivity index (χ1) is 2.85. The Morgan fingerprint density at radius 2 is 1.83 bits per heavy atom. The maximum absolute atomic E-state index is 5.73. The van der Waals surface area contributed by atoms with E-state index < -0.39 is 0 Å². The second-order valence-corrected chi connectivity index (χ2v) is 2.97. The molecule has 2 atom stereocenters. The van der Waals surface area contributed by atoms with E-state index in [0.29, 0.717) is 5.54 Å². The fraction of sp³-hybridized carbons (Fsp3) is 1.00. The van der Waals surface area contributed by atoms with Gasteiger partial charge in [-0.15, -0.1) is 0 Å².